The first-order chi connectivity index (χ1) is 19.8. The van der Waals surface area contributed by atoms with Crippen molar-refractivity contribution in [2.75, 3.05) is 26.2 Å². The summed E-state index contributed by atoms with van der Waals surface area (Å²) in [7, 11) is -4.29. The Morgan fingerprint density at radius 1 is 0.976 bits per heavy atom. The Labute approximate surface area is 254 Å². The molecule has 240 valence electrons. The minimum absolute atomic E-state index is 0.0269. The van der Waals surface area contributed by atoms with E-state index in [-0.39, 0.29) is 29.1 Å². The Kier molecular flexibility index (Phi) is 14.5. The van der Waals surface area contributed by atoms with Gasteiger partial charge in [0.2, 0.25) is 5.91 Å². The molecule has 0 bridgehead atoms. The molecule has 1 aliphatic carbocycles. The minimum Gasteiger partial charge on any atom is -0.481 e. The lowest BCUT2D eigenvalue weighted by atomic mass is 9.73. The van der Waals surface area contributed by atoms with Crippen molar-refractivity contribution >= 4 is 22.0 Å². The van der Waals surface area contributed by atoms with Gasteiger partial charge in [-0.3, -0.25) is 14.1 Å². The van der Waals surface area contributed by atoms with Crippen LogP contribution in [0.1, 0.15) is 110 Å². The van der Waals surface area contributed by atoms with Gasteiger partial charge in [-0.25, -0.2) is 0 Å². The summed E-state index contributed by atoms with van der Waals surface area (Å²) in [5.41, 5.74) is 6.63. The van der Waals surface area contributed by atoms with Crippen molar-refractivity contribution in [1.82, 2.24) is 0 Å². The van der Waals surface area contributed by atoms with Crippen molar-refractivity contribution in [1.29, 1.82) is 0 Å². The van der Waals surface area contributed by atoms with Gasteiger partial charge in [0.25, 0.3) is 10.1 Å². The van der Waals surface area contributed by atoms with Gasteiger partial charge < -0.3 is 15.3 Å². The maximum atomic E-state index is 12.5. The van der Waals surface area contributed by atoms with E-state index in [2.05, 4.69) is 27.7 Å². The van der Waals surface area contributed by atoms with E-state index in [1.165, 1.54) is 12.1 Å². The van der Waals surface area contributed by atoms with Gasteiger partial charge in [0.05, 0.1) is 37.0 Å². The predicted molar refractivity (Wildman–Crippen MR) is 168 cm³/mol. The number of carboxylic acid groups (broad SMARTS) is 1. The fraction of sp³-hybridized carbons (Fsp3) is 0.758. The van der Waals surface area contributed by atoms with Crippen LogP contribution in [0.25, 0.3) is 0 Å². The van der Waals surface area contributed by atoms with Gasteiger partial charge in [-0.2, -0.15) is 8.42 Å². The van der Waals surface area contributed by atoms with Crippen LogP contribution in [0.15, 0.2) is 29.2 Å². The largest absolute Gasteiger partial charge is 0.481 e. The number of hydrogen-bond acceptors (Lipinski definition) is 4. The molecule has 1 aromatic carbocycles. The summed E-state index contributed by atoms with van der Waals surface area (Å²) in [5, 5.41) is 10.2. The Morgan fingerprint density at radius 3 is 2.00 bits per heavy atom. The standard InChI is InChI=1S/C33H56N2O6S/c1-6-17-35(18-7-2,19-8-3)23-24(5)20-28(26-13-15-29(16-14-26)42(39,40)41)21-27-11-10-12-30(27)31(33(37)38)22-25(9-4)32(34)36/h13-16,24-25,27-28,30-31H,6-12,17-23H2,1-5H3,(H3-,34,36,37,38,39,40,41)/p+1. The van der Waals surface area contributed by atoms with Crippen LogP contribution in [0, 0.1) is 29.6 Å². The molecule has 1 aliphatic rings. The van der Waals surface area contributed by atoms with Gasteiger partial charge in [0, 0.05) is 11.8 Å². The van der Waals surface area contributed by atoms with Crippen molar-refractivity contribution in [3.8, 4) is 0 Å². The molecule has 2 rings (SSSR count). The monoisotopic (exact) mass is 609 g/mol. The Balaban J connectivity index is 2.39. The van der Waals surface area contributed by atoms with Crippen LogP contribution in [0.3, 0.4) is 0 Å². The number of aliphatic carboxylic acids is 1. The second-order valence-electron chi connectivity index (χ2n) is 13.1. The van der Waals surface area contributed by atoms with Crippen molar-refractivity contribution in [3.63, 3.8) is 0 Å². The SMILES string of the molecule is CCC[N+](CCC)(CCC)CC(C)CC(CC1CCCC1C(CC(CC)C(N)=O)C(=O)O)c1ccc(S(=O)(=O)O)cc1. The van der Waals surface area contributed by atoms with Crippen molar-refractivity contribution < 1.29 is 32.1 Å². The third-order valence-electron chi connectivity index (χ3n) is 9.70. The van der Waals surface area contributed by atoms with Gasteiger partial charge in [-0.1, -0.05) is 59.6 Å². The number of hydrogen-bond donors (Lipinski definition) is 3. The minimum atomic E-state index is -4.29. The van der Waals surface area contributed by atoms with E-state index >= 15 is 0 Å². The number of carbonyl (C=O) groups is 2. The lowest BCUT2D eigenvalue weighted by Gasteiger charge is -2.41. The summed E-state index contributed by atoms with van der Waals surface area (Å²) in [6, 6.07) is 6.56. The van der Waals surface area contributed by atoms with Crippen molar-refractivity contribution in [3.05, 3.63) is 29.8 Å². The van der Waals surface area contributed by atoms with Crippen LogP contribution >= 0.6 is 0 Å². The maximum Gasteiger partial charge on any atom is 0.306 e. The normalized spacial score (nSPS) is 20.6. The molecule has 1 aromatic rings. The number of nitrogens with zero attached hydrogens (tertiary/aromatic N) is 1. The van der Waals surface area contributed by atoms with Crippen molar-refractivity contribution in [2.45, 2.75) is 110 Å². The zero-order valence-corrected chi connectivity index (χ0v) is 27.4. The molecule has 8 nitrogen and oxygen atoms in total. The summed E-state index contributed by atoms with van der Waals surface area (Å²) in [5.74, 6) is -1.64. The Morgan fingerprint density at radius 2 is 1.55 bits per heavy atom. The predicted octanol–water partition coefficient (Wildman–Crippen LogP) is 6.50. The molecular formula is C33H57N2O6S+. The molecule has 0 spiro atoms. The van der Waals surface area contributed by atoms with Crippen LogP contribution in [0.5, 0.6) is 0 Å². The second-order valence-corrected chi connectivity index (χ2v) is 14.5. The fourth-order valence-electron chi connectivity index (χ4n) is 8.04. The highest BCUT2D eigenvalue weighted by atomic mass is 32.2. The van der Waals surface area contributed by atoms with E-state index in [4.69, 9.17) is 5.73 Å². The molecular weight excluding hydrogens is 552 g/mol. The molecule has 4 N–H and O–H groups in total. The van der Waals surface area contributed by atoms with E-state index in [1.807, 2.05) is 19.1 Å². The first-order valence-corrected chi connectivity index (χ1v) is 17.7. The summed E-state index contributed by atoms with van der Waals surface area (Å²) in [4.78, 5) is 24.3. The van der Waals surface area contributed by atoms with Crippen LogP contribution < -0.4 is 5.73 Å². The van der Waals surface area contributed by atoms with E-state index in [9.17, 15) is 27.7 Å². The van der Waals surface area contributed by atoms with E-state index in [0.29, 0.717) is 12.3 Å². The Hall–Kier alpha value is -1.97. The molecule has 1 saturated carbocycles. The molecule has 9 heteroatoms. The zero-order valence-electron chi connectivity index (χ0n) is 26.6. The molecule has 1 fully saturated rings. The number of carbonyl (C=O) groups excluding carboxylic acids is 1. The number of primary amides is 1. The first kappa shape index (κ1) is 36.2. The molecule has 0 saturated heterocycles. The molecule has 0 heterocycles. The molecule has 0 aliphatic heterocycles. The van der Waals surface area contributed by atoms with E-state index < -0.39 is 33.8 Å². The molecule has 0 radical (unpaired) electrons. The second kappa shape index (κ2) is 16.8. The highest BCUT2D eigenvalue weighted by molar-refractivity contribution is 7.85. The van der Waals surface area contributed by atoms with Crippen LogP contribution in [0.2, 0.25) is 0 Å². The number of rotatable bonds is 20. The van der Waals surface area contributed by atoms with E-state index in [0.717, 1.165) is 87.6 Å². The van der Waals surface area contributed by atoms with E-state index in [1.54, 1.807) is 0 Å². The number of benzene rings is 1. The average molecular weight is 610 g/mol. The van der Waals surface area contributed by atoms with Gasteiger partial charge in [0.15, 0.2) is 0 Å². The molecule has 6 atom stereocenters. The van der Waals surface area contributed by atoms with Crippen LogP contribution in [0.4, 0.5) is 0 Å². The maximum absolute atomic E-state index is 12.5. The number of amides is 1. The summed E-state index contributed by atoms with van der Waals surface area (Å²) in [6.45, 7) is 15.5. The molecule has 42 heavy (non-hydrogen) atoms. The first-order valence-electron chi connectivity index (χ1n) is 16.2. The lowest BCUT2D eigenvalue weighted by molar-refractivity contribution is -0.931. The number of nitrogens with two attached hydrogens (primary N) is 1. The van der Waals surface area contributed by atoms with Gasteiger partial charge in [-0.05, 0) is 86.8 Å². The third kappa shape index (κ3) is 10.3. The highest BCUT2D eigenvalue weighted by Gasteiger charge is 2.40. The highest BCUT2D eigenvalue weighted by Crippen LogP contribution is 2.46. The van der Waals surface area contributed by atoms with Crippen LogP contribution in [-0.2, 0) is 19.7 Å². The summed E-state index contributed by atoms with van der Waals surface area (Å²) in [6.07, 6.45) is 8.67. The number of carboxylic acids is 1. The zero-order chi connectivity index (χ0) is 31.5. The molecule has 6 unspecified atom stereocenters. The van der Waals surface area contributed by atoms with Crippen LogP contribution in [-0.4, -0.2) is 60.6 Å². The molecule has 0 aromatic heterocycles. The van der Waals surface area contributed by atoms with Gasteiger partial charge >= 0.3 is 5.97 Å². The summed E-state index contributed by atoms with van der Waals surface area (Å²) < 4.78 is 34.1. The number of quaternary nitrogens is 1. The summed E-state index contributed by atoms with van der Waals surface area (Å²) >= 11 is 0. The fourth-order valence-corrected chi connectivity index (χ4v) is 8.52. The average Bonchev–Trinajstić information content (AvgIpc) is 3.36. The Bertz CT molecular complexity index is 1070. The smallest absolute Gasteiger partial charge is 0.306 e. The third-order valence-corrected chi connectivity index (χ3v) is 10.6. The lowest BCUT2D eigenvalue weighted by Crippen LogP contribution is -2.52. The van der Waals surface area contributed by atoms with Gasteiger partial charge in [-0.15, -0.1) is 0 Å². The van der Waals surface area contributed by atoms with Crippen molar-refractivity contribution in [2.24, 2.45) is 35.3 Å². The topological polar surface area (TPSA) is 135 Å². The molecule has 1 amide bonds. The quantitative estimate of drug-likeness (QED) is 0.114. The van der Waals surface area contributed by atoms with Gasteiger partial charge in [0.1, 0.15) is 0 Å².